The van der Waals surface area contributed by atoms with Gasteiger partial charge in [-0.3, -0.25) is 4.99 Å². The first-order valence-electron chi connectivity index (χ1n) is 5.71. The van der Waals surface area contributed by atoms with Crippen LogP contribution >= 0.6 is 24.0 Å². The lowest BCUT2D eigenvalue weighted by Crippen LogP contribution is -2.39. The van der Waals surface area contributed by atoms with Crippen LogP contribution in [0.3, 0.4) is 0 Å². The molecule has 0 spiro atoms. The van der Waals surface area contributed by atoms with Gasteiger partial charge in [-0.25, -0.2) is 0 Å². The molecule has 0 fully saturated rings. The van der Waals surface area contributed by atoms with Gasteiger partial charge in [0.15, 0.2) is 5.96 Å². The van der Waals surface area contributed by atoms with Crippen LogP contribution in [0.15, 0.2) is 35.3 Å². The zero-order chi connectivity index (χ0) is 12.5. The summed E-state index contributed by atoms with van der Waals surface area (Å²) in [4.78, 5) is 4.09. The van der Waals surface area contributed by atoms with E-state index < -0.39 is 0 Å². The lowest BCUT2D eigenvalue weighted by Gasteiger charge is -2.15. The lowest BCUT2D eigenvalue weighted by atomic mass is 10.0. The van der Waals surface area contributed by atoms with Crippen molar-refractivity contribution < 1.29 is 0 Å². The van der Waals surface area contributed by atoms with Gasteiger partial charge >= 0.3 is 0 Å². The van der Waals surface area contributed by atoms with Gasteiger partial charge in [0, 0.05) is 13.6 Å². The van der Waals surface area contributed by atoms with E-state index in [2.05, 4.69) is 52.7 Å². The summed E-state index contributed by atoms with van der Waals surface area (Å²) in [6.07, 6.45) is 5.18. The minimum atomic E-state index is 0. The van der Waals surface area contributed by atoms with Crippen LogP contribution in [0, 0.1) is 12.3 Å². The maximum atomic E-state index is 5.18. The van der Waals surface area contributed by atoms with E-state index in [0.717, 1.165) is 12.5 Å². The fourth-order valence-corrected chi connectivity index (χ4v) is 1.50. The van der Waals surface area contributed by atoms with Crippen molar-refractivity contribution in [2.45, 2.75) is 12.8 Å². The number of terminal acetylenes is 1. The second-order valence-corrected chi connectivity index (χ2v) is 3.82. The topological polar surface area (TPSA) is 36.4 Å². The average Bonchev–Trinajstić information content (AvgIpc) is 2.39. The minimum Gasteiger partial charge on any atom is -0.356 e. The van der Waals surface area contributed by atoms with Crippen molar-refractivity contribution >= 4 is 29.9 Å². The first-order chi connectivity index (χ1) is 8.27. The minimum absolute atomic E-state index is 0. The molecule has 1 atom stereocenters. The molecule has 2 N–H and O–H groups in total. The van der Waals surface area contributed by atoms with Crippen molar-refractivity contribution in [3.8, 4) is 12.3 Å². The van der Waals surface area contributed by atoms with Crippen molar-refractivity contribution in [1.82, 2.24) is 10.6 Å². The quantitative estimate of drug-likeness (QED) is 0.375. The van der Waals surface area contributed by atoms with Gasteiger partial charge < -0.3 is 10.6 Å². The van der Waals surface area contributed by atoms with Crippen LogP contribution in [-0.2, 0) is 0 Å². The van der Waals surface area contributed by atoms with E-state index in [1.807, 2.05) is 6.07 Å². The normalized spacial score (nSPS) is 11.9. The molecule has 18 heavy (non-hydrogen) atoms. The second kappa shape index (κ2) is 9.77. The number of halogens is 1. The molecule has 4 heteroatoms. The van der Waals surface area contributed by atoms with Crippen molar-refractivity contribution in [3.63, 3.8) is 0 Å². The predicted molar refractivity (Wildman–Crippen MR) is 88.5 cm³/mol. The molecule has 1 rings (SSSR count). The van der Waals surface area contributed by atoms with Gasteiger partial charge in [-0.05, 0) is 11.5 Å². The summed E-state index contributed by atoms with van der Waals surface area (Å²) in [6, 6.07) is 10.4. The first kappa shape index (κ1) is 16.8. The molecule has 1 unspecified atom stereocenters. The van der Waals surface area contributed by atoms with Gasteiger partial charge in [0.05, 0.1) is 6.54 Å². The number of hydrogen-bond donors (Lipinski definition) is 2. The highest BCUT2D eigenvalue weighted by atomic mass is 127. The fourth-order valence-electron chi connectivity index (χ4n) is 1.50. The Labute approximate surface area is 126 Å². The number of rotatable bonds is 4. The highest BCUT2D eigenvalue weighted by molar-refractivity contribution is 14.0. The van der Waals surface area contributed by atoms with Crippen LogP contribution < -0.4 is 10.6 Å². The summed E-state index contributed by atoms with van der Waals surface area (Å²) < 4.78 is 0. The van der Waals surface area contributed by atoms with Crippen molar-refractivity contribution in [2.24, 2.45) is 4.99 Å². The van der Waals surface area contributed by atoms with E-state index in [4.69, 9.17) is 6.42 Å². The van der Waals surface area contributed by atoms with Gasteiger partial charge in [-0.1, -0.05) is 43.2 Å². The van der Waals surface area contributed by atoms with E-state index in [1.165, 1.54) is 5.56 Å². The summed E-state index contributed by atoms with van der Waals surface area (Å²) in [6.45, 7) is 3.49. The molecule has 0 saturated carbocycles. The van der Waals surface area contributed by atoms with Crippen LogP contribution in [0.25, 0.3) is 0 Å². The molecule has 0 bridgehead atoms. The zero-order valence-corrected chi connectivity index (χ0v) is 13.1. The molecule has 1 aromatic rings. The Bertz CT molecular complexity index is 395. The molecule has 1 aromatic carbocycles. The van der Waals surface area contributed by atoms with Gasteiger partial charge in [0.2, 0.25) is 0 Å². The molecule has 0 aliphatic rings. The van der Waals surface area contributed by atoms with Gasteiger partial charge in [0.1, 0.15) is 0 Å². The predicted octanol–water partition coefficient (Wildman–Crippen LogP) is 2.21. The highest BCUT2D eigenvalue weighted by Gasteiger charge is 2.05. The van der Waals surface area contributed by atoms with E-state index in [0.29, 0.717) is 12.5 Å². The van der Waals surface area contributed by atoms with Crippen molar-refractivity contribution in [3.05, 3.63) is 35.9 Å². The summed E-state index contributed by atoms with van der Waals surface area (Å²) in [7, 11) is 1.74. The van der Waals surface area contributed by atoms with Gasteiger partial charge in [-0.15, -0.1) is 30.4 Å². The summed E-state index contributed by atoms with van der Waals surface area (Å²) in [5.41, 5.74) is 1.31. The number of aliphatic imine (C=N–C) groups is 1. The Morgan fingerprint density at radius 2 is 2.00 bits per heavy atom. The average molecular weight is 357 g/mol. The number of nitrogens with one attached hydrogen (secondary N) is 2. The molecule has 3 nitrogen and oxygen atoms in total. The van der Waals surface area contributed by atoms with E-state index in [-0.39, 0.29) is 24.0 Å². The maximum absolute atomic E-state index is 5.18. The third kappa shape index (κ3) is 5.92. The SMILES string of the molecule is C#CCNC(=NC)NCC(C)c1ccccc1.I. The molecule has 0 aliphatic heterocycles. The molecule has 0 heterocycles. The molecule has 0 aliphatic carbocycles. The van der Waals surface area contributed by atoms with Gasteiger partial charge in [-0.2, -0.15) is 0 Å². The number of nitrogens with zero attached hydrogens (tertiary/aromatic N) is 1. The number of hydrogen-bond acceptors (Lipinski definition) is 1. The molecule has 0 radical (unpaired) electrons. The molecule has 0 saturated heterocycles. The standard InChI is InChI=1S/C14H19N3.HI/c1-4-10-16-14(15-3)17-11-12(2)13-8-6-5-7-9-13;/h1,5-9,12H,10-11H2,2-3H3,(H2,15,16,17);1H. The monoisotopic (exact) mass is 357 g/mol. The third-order valence-corrected chi connectivity index (χ3v) is 2.53. The summed E-state index contributed by atoms with van der Waals surface area (Å²) in [5.74, 6) is 3.69. The van der Waals surface area contributed by atoms with Gasteiger partial charge in [0.25, 0.3) is 0 Å². The Morgan fingerprint density at radius 1 is 1.33 bits per heavy atom. The molecular formula is C14H20IN3. The third-order valence-electron chi connectivity index (χ3n) is 2.53. The van der Waals surface area contributed by atoms with Crippen LogP contribution in [0.4, 0.5) is 0 Å². The van der Waals surface area contributed by atoms with Crippen molar-refractivity contribution in [1.29, 1.82) is 0 Å². The fraction of sp³-hybridized carbons (Fsp3) is 0.357. The summed E-state index contributed by atoms with van der Waals surface area (Å²) >= 11 is 0. The van der Waals surface area contributed by atoms with Crippen LogP contribution in [0.5, 0.6) is 0 Å². The van der Waals surface area contributed by atoms with E-state index >= 15 is 0 Å². The molecular weight excluding hydrogens is 337 g/mol. The van der Waals surface area contributed by atoms with Crippen LogP contribution in [0.2, 0.25) is 0 Å². The van der Waals surface area contributed by atoms with E-state index in [1.54, 1.807) is 7.05 Å². The zero-order valence-electron chi connectivity index (χ0n) is 10.8. The number of guanidine groups is 1. The lowest BCUT2D eigenvalue weighted by molar-refractivity contribution is 0.706. The van der Waals surface area contributed by atoms with Crippen LogP contribution in [-0.4, -0.2) is 26.1 Å². The number of benzene rings is 1. The van der Waals surface area contributed by atoms with Crippen molar-refractivity contribution in [2.75, 3.05) is 20.1 Å². The summed E-state index contributed by atoms with van der Waals surface area (Å²) in [5, 5.41) is 6.27. The molecule has 0 amide bonds. The largest absolute Gasteiger partial charge is 0.356 e. The smallest absolute Gasteiger partial charge is 0.191 e. The first-order valence-corrected chi connectivity index (χ1v) is 5.71. The molecule has 98 valence electrons. The Morgan fingerprint density at radius 3 is 2.56 bits per heavy atom. The Kier molecular flexibility index (Phi) is 9.11. The Hall–Kier alpha value is -1.22. The second-order valence-electron chi connectivity index (χ2n) is 3.82. The highest BCUT2D eigenvalue weighted by Crippen LogP contribution is 2.12. The maximum Gasteiger partial charge on any atom is 0.191 e. The molecule has 0 aromatic heterocycles. The van der Waals surface area contributed by atoms with E-state index in [9.17, 15) is 0 Å². The Balaban J connectivity index is 0.00000289. The van der Waals surface area contributed by atoms with Crippen LogP contribution in [0.1, 0.15) is 18.4 Å².